The molecule has 8 nitrogen and oxygen atoms in total. The molecule has 31 heavy (non-hydrogen) atoms. The summed E-state index contributed by atoms with van der Waals surface area (Å²) in [4.78, 5) is 24.9. The van der Waals surface area contributed by atoms with Gasteiger partial charge in [-0.2, -0.15) is 5.10 Å². The van der Waals surface area contributed by atoms with Crippen molar-refractivity contribution in [3.05, 3.63) is 88.3 Å². The van der Waals surface area contributed by atoms with Crippen LogP contribution in [0.2, 0.25) is 5.02 Å². The number of halogens is 1. The van der Waals surface area contributed by atoms with Gasteiger partial charge in [0.15, 0.2) is 0 Å². The van der Waals surface area contributed by atoms with Gasteiger partial charge in [0.1, 0.15) is 0 Å². The number of aromatic amines is 1. The number of carboxylic acids is 1. The second-order valence-electron chi connectivity index (χ2n) is 6.90. The minimum Gasteiger partial charge on any atom is -0.478 e. The molecule has 0 unspecified atom stereocenters. The number of fused-ring (bicyclic) bond motifs is 3. The first-order valence-electron chi connectivity index (χ1n) is 9.39. The molecule has 0 saturated heterocycles. The van der Waals surface area contributed by atoms with Gasteiger partial charge >= 0.3 is 5.97 Å². The molecule has 152 valence electrons. The predicted molar refractivity (Wildman–Crippen MR) is 117 cm³/mol. The molecule has 0 radical (unpaired) electrons. The maximum Gasteiger partial charge on any atom is 0.335 e. The van der Waals surface area contributed by atoms with Crippen LogP contribution >= 0.6 is 11.6 Å². The van der Waals surface area contributed by atoms with E-state index < -0.39 is 5.97 Å². The molecule has 3 N–H and O–H groups in total. The lowest BCUT2D eigenvalue weighted by molar-refractivity contribution is 0.0697. The fourth-order valence-corrected chi connectivity index (χ4v) is 3.60. The van der Waals surface area contributed by atoms with Crippen molar-refractivity contribution in [1.82, 2.24) is 20.2 Å². The molecule has 0 atom stereocenters. The number of nitrogens with zero attached hydrogens (tertiary/aromatic N) is 4. The molecule has 0 aliphatic carbocycles. The van der Waals surface area contributed by atoms with E-state index in [2.05, 4.69) is 20.5 Å². The van der Waals surface area contributed by atoms with Gasteiger partial charge in [-0.05, 0) is 42.5 Å². The van der Waals surface area contributed by atoms with Gasteiger partial charge < -0.3 is 10.4 Å². The van der Waals surface area contributed by atoms with Crippen molar-refractivity contribution in [2.45, 2.75) is 6.54 Å². The highest BCUT2D eigenvalue weighted by molar-refractivity contribution is 6.31. The molecule has 4 aromatic rings. The zero-order chi connectivity index (χ0) is 21.4. The summed E-state index contributed by atoms with van der Waals surface area (Å²) in [5.41, 5.74) is 5.82. The Hall–Kier alpha value is -4.04. The molecule has 0 bridgehead atoms. The van der Waals surface area contributed by atoms with Crippen LogP contribution in [0.1, 0.15) is 27.2 Å². The van der Waals surface area contributed by atoms with E-state index in [1.807, 2.05) is 24.3 Å². The molecule has 1 aliphatic rings. The molecule has 3 heterocycles. The summed E-state index contributed by atoms with van der Waals surface area (Å²) >= 11 is 6.29. The van der Waals surface area contributed by atoms with Crippen LogP contribution in [-0.4, -0.2) is 37.0 Å². The van der Waals surface area contributed by atoms with Crippen molar-refractivity contribution >= 4 is 34.9 Å². The lowest BCUT2D eigenvalue weighted by atomic mass is 9.98. The monoisotopic (exact) mass is 430 g/mol. The van der Waals surface area contributed by atoms with Gasteiger partial charge in [-0.1, -0.05) is 17.7 Å². The van der Waals surface area contributed by atoms with Gasteiger partial charge in [-0.25, -0.2) is 14.8 Å². The van der Waals surface area contributed by atoms with Crippen molar-refractivity contribution in [3.63, 3.8) is 0 Å². The first-order valence-corrected chi connectivity index (χ1v) is 9.77. The van der Waals surface area contributed by atoms with Crippen LogP contribution in [0.25, 0.3) is 11.3 Å². The summed E-state index contributed by atoms with van der Waals surface area (Å²) in [5, 5.41) is 19.8. The highest BCUT2D eigenvalue weighted by Gasteiger charge is 2.22. The first kappa shape index (κ1) is 19.0. The Kier molecular flexibility index (Phi) is 4.68. The van der Waals surface area contributed by atoms with Gasteiger partial charge in [0, 0.05) is 39.8 Å². The third kappa shape index (κ3) is 3.64. The van der Waals surface area contributed by atoms with E-state index in [-0.39, 0.29) is 5.56 Å². The zero-order valence-electron chi connectivity index (χ0n) is 16.0. The summed E-state index contributed by atoms with van der Waals surface area (Å²) in [6.07, 6.45) is 3.42. The van der Waals surface area contributed by atoms with E-state index in [0.717, 1.165) is 33.8 Å². The number of nitrogens with one attached hydrogen (secondary N) is 2. The van der Waals surface area contributed by atoms with Crippen molar-refractivity contribution in [2.75, 3.05) is 5.32 Å². The molecule has 0 saturated carbocycles. The predicted octanol–water partition coefficient (Wildman–Crippen LogP) is 4.31. The Morgan fingerprint density at radius 2 is 1.94 bits per heavy atom. The van der Waals surface area contributed by atoms with E-state index in [9.17, 15) is 4.79 Å². The van der Waals surface area contributed by atoms with Gasteiger partial charge in [0.05, 0.1) is 29.2 Å². The fraction of sp³-hybridized carbons (Fsp3) is 0.0455. The Balaban J connectivity index is 1.55. The zero-order valence-corrected chi connectivity index (χ0v) is 16.8. The average molecular weight is 431 g/mol. The van der Waals surface area contributed by atoms with Gasteiger partial charge in [0.25, 0.3) is 0 Å². The third-order valence-corrected chi connectivity index (χ3v) is 5.14. The molecule has 0 spiro atoms. The smallest absolute Gasteiger partial charge is 0.335 e. The van der Waals surface area contributed by atoms with Crippen molar-refractivity contribution in [2.24, 2.45) is 4.99 Å². The topological polar surface area (TPSA) is 116 Å². The molecule has 0 fully saturated rings. The molecule has 2 aromatic heterocycles. The largest absolute Gasteiger partial charge is 0.478 e. The SMILES string of the molecule is O=C(O)c1ccc(Nc2ncc3c(n2)-c2ccc(Cl)cc2C(c2ccn[nH]2)=NC3)cc1. The maximum absolute atomic E-state index is 11.0. The highest BCUT2D eigenvalue weighted by atomic mass is 35.5. The second kappa shape index (κ2) is 7.66. The van der Waals surface area contributed by atoms with E-state index in [1.54, 1.807) is 24.5 Å². The molecule has 0 amide bonds. The van der Waals surface area contributed by atoms with Gasteiger partial charge in [0.2, 0.25) is 5.95 Å². The van der Waals surface area contributed by atoms with Crippen molar-refractivity contribution in [3.8, 4) is 11.3 Å². The molecular formula is C22H15ClN6O2. The number of aromatic nitrogens is 4. The van der Waals surface area contributed by atoms with Crippen LogP contribution in [-0.2, 0) is 6.54 Å². The third-order valence-electron chi connectivity index (χ3n) is 4.91. The summed E-state index contributed by atoms with van der Waals surface area (Å²) in [5.74, 6) is -0.580. The molecule has 1 aliphatic heterocycles. The molecule has 5 rings (SSSR count). The number of anilines is 2. The maximum atomic E-state index is 11.0. The van der Waals surface area contributed by atoms with Crippen molar-refractivity contribution in [1.29, 1.82) is 0 Å². The molecular weight excluding hydrogens is 416 g/mol. The van der Waals surface area contributed by atoms with Crippen LogP contribution in [0.5, 0.6) is 0 Å². The molecule has 2 aromatic carbocycles. The van der Waals surface area contributed by atoms with E-state index in [4.69, 9.17) is 26.7 Å². The van der Waals surface area contributed by atoms with E-state index >= 15 is 0 Å². The van der Waals surface area contributed by atoms with Crippen molar-refractivity contribution < 1.29 is 9.90 Å². The number of carboxylic acid groups (broad SMARTS) is 1. The lowest BCUT2D eigenvalue weighted by Gasteiger charge is -2.12. The van der Waals surface area contributed by atoms with Crippen LogP contribution < -0.4 is 5.32 Å². The second-order valence-corrected chi connectivity index (χ2v) is 7.34. The summed E-state index contributed by atoms with van der Waals surface area (Å²) in [6, 6.07) is 13.9. The fourth-order valence-electron chi connectivity index (χ4n) is 3.43. The Labute approximate surface area is 181 Å². The van der Waals surface area contributed by atoms with Crippen LogP contribution in [0.15, 0.2) is 65.9 Å². The number of hydrogen-bond donors (Lipinski definition) is 3. The average Bonchev–Trinajstić information content (AvgIpc) is 3.25. The molecule has 9 heteroatoms. The summed E-state index contributed by atoms with van der Waals surface area (Å²) in [6.45, 7) is 0.406. The highest BCUT2D eigenvalue weighted by Crippen LogP contribution is 2.33. The summed E-state index contributed by atoms with van der Waals surface area (Å²) in [7, 11) is 0. The Morgan fingerprint density at radius 1 is 1.10 bits per heavy atom. The van der Waals surface area contributed by atoms with Gasteiger partial charge in [-0.15, -0.1) is 0 Å². The number of benzene rings is 2. The van der Waals surface area contributed by atoms with E-state index in [0.29, 0.717) is 23.2 Å². The minimum absolute atomic E-state index is 0.211. The number of aliphatic imine (C=N–C) groups is 1. The standard InChI is InChI=1S/C22H15ClN6O2/c23-14-3-6-16-17(9-14)20(18-7-8-26-29-18)24-10-13-11-25-22(28-19(13)16)27-15-4-1-12(2-5-15)21(30)31/h1-9,11H,10H2,(H,26,29)(H,30,31)(H,25,27,28). The minimum atomic E-state index is -0.976. The van der Waals surface area contributed by atoms with Crippen LogP contribution in [0, 0.1) is 0 Å². The number of H-pyrrole nitrogens is 1. The van der Waals surface area contributed by atoms with Crippen LogP contribution in [0.4, 0.5) is 11.6 Å². The van der Waals surface area contributed by atoms with Gasteiger partial charge in [-0.3, -0.25) is 10.1 Å². The number of rotatable bonds is 4. The number of hydrogen-bond acceptors (Lipinski definition) is 6. The van der Waals surface area contributed by atoms with Crippen LogP contribution in [0.3, 0.4) is 0 Å². The normalized spacial score (nSPS) is 12.4. The Morgan fingerprint density at radius 3 is 2.68 bits per heavy atom. The first-order chi connectivity index (χ1) is 15.1. The summed E-state index contributed by atoms with van der Waals surface area (Å²) < 4.78 is 0. The Bertz CT molecular complexity index is 1320. The number of carbonyl (C=O) groups is 1. The van der Waals surface area contributed by atoms with E-state index in [1.165, 1.54) is 12.1 Å². The lowest BCUT2D eigenvalue weighted by Crippen LogP contribution is -2.06. The number of aromatic carboxylic acids is 1. The quantitative estimate of drug-likeness (QED) is 0.444.